The predicted octanol–water partition coefficient (Wildman–Crippen LogP) is 1.28. The second-order valence-electron chi connectivity index (χ2n) is 7.77. The second-order valence-corrected chi connectivity index (χ2v) is 7.77. The Bertz CT molecular complexity index is 1140. The number of aliphatic hydroxyl groups excluding tert-OH is 1. The van der Waals surface area contributed by atoms with Crippen molar-refractivity contribution in [3.05, 3.63) is 42.1 Å². The van der Waals surface area contributed by atoms with Crippen LogP contribution >= 0.6 is 0 Å². The van der Waals surface area contributed by atoms with Crippen LogP contribution in [0.4, 0.5) is 4.39 Å². The number of alkyl halides is 1. The molecule has 2 amide bonds. The molecule has 31 heavy (non-hydrogen) atoms. The fraction of sp³-hybridized carbons (Fsp3) is 0.381. The molecule has 4 rings (SSSR count). The van der Waals surface area contributed by atoms with Crippen molar-refractivity contribution < 1.29 is 19.1 Å². The summed E-state index contributed by atoms with van der Waals surface area (Å²) in [7, 11) is 0. The zero-order valence-corrected chi connectivity index (χ0v) is 17.2. The Morgan fingerprint density at radius 3 is 2.65 bits per heavy atom. The molecule has 3 N–H and O–H groups in total. The van der Waals surface area contributed by atoms with E-state index in [-0.39, 0.29) is 19.5 Å². The van der Waals surface area contributed by atoms with Gasteiger partial charge in [-0.2, -0.15) is 5.10 Å². The molecule has 0 bridgehead atoms. The molecular formula is C21H23FN6O3. The number of carbonyl (C=O) groups is 2. The number of likely N-dealkylation sites (tertiary alicyclic amines) is 1. The number of hydrogen-bond donors (Lipinski definition) is 2. The molecule has 1 saturated heterocycles. The van der Waals surface area contributed by atoms with Gasteiger partial charge in [0.25, 0.3) is 0 Å². The fourth-order valence-electron chi connectivity index (χ4n) is 3.90. The molecule has 10 heteroatoms. The van der Waals surface area contributed by atoms with Crippen LogP contribution in [0, 0.1) is 6.92 Å². The molecule has 0 radical (unpaired) electrons. The summed E-state index contributed by atoms with van der Waals surface area (Å²) in [6.07, 6.45) is 1.17. The standard InChI is InChI=1S/C21H23FN6O3/c1-11(29)20-16-5-13(14-7-24-12(2)25-8-14)3-4-17(16)28(26-20)10-19(30)27-9-15(22)6-18(27)21(23)31/h3-5,7-8,11,15,18,29H,6,9-10H2,1-2H3,(H2,23,31). The third-order valence-corrected chi connectivity index (χ3v) is 5.47. The van der Waals surface area contributed by atoms with Crippen LogP contribution in [-0.4, -0.2) is 60.3 Å². The molecule has 1 aliphatic rings. The van der Waals surface area contributed by atoms with Gasteiger partial charge in [-0.15, -0.1) is 0 Å². The van der Waals surface area contributed by atoms with Crippen molar-refractivity contribution in [2.45, 2.75) is 45.1 Å². The van der Waals surface area contributed by atoms with Gasteiger partial charge in [0.1, 0.15) is 24.6 Å². The number of halogens is 1. The average Bonchev–Trinajstić information content (AvgIpc) is 3.29. The molecule has 2 aromatic heterocycles. The summed E-state index contributed by atoms with van der Waals surface area (Å²) in [5, 5.41) is 15.3. The Hall–Kier alpha value is -3.40. The number of primary amides is 1. The zero-order chi connectivity index (χ0) is 22.3. The Morgan fingerprint density at radius 1 is 1.29 bits per heavy atom. The van der Waals surface area contributed by atoms with Gasteiger partial charge in [-0.05, 0) is 31.5 Å². The normalized spacial score (nSPS) is 19.7. The van der Waals surface area contributed by atoms with Crippen LogP contribution in [0.15, 0.2) is 30.6 Å². The van der Waals surface area contributed by atoms with Crippen LogP contribution in [0.5, 0.6) is 0 Å². The van der Waals surface area contributed by atoms with E-state index in [4.69, 9.17) is 5.73 Å². The van der Waals surface area contributed by atoms with Gasteiger partial charge in [-0.25, -0.2) is 14.4 Å². The minimum atomic E-state index is -1.29. The SMILES string of the molecule is Cc1ncc(-c2ccc3c(c2)c(C(C)O)nn3CC(=O)N2CC(F)CC2C(N)=O)cn1. The van der Waals surface area contributed by atoms with Crippen molar-refractivity contribution in [3.63, 3.8) is 0 Å². The van der Waals surface area contributed by atoms with Crippen molar-refractivity contribution in [1.29, 1.82) is 0 Å². The van der Waals surface area contributed by atoms with E-state index in [0.717, 1.165) is 11.1 Å². The Labute approximate surface area is 177 Å². The van der Waals surface area contributed by atoms with Crippen molar-refractivity contribution in [1.82, 2.24) is 24.6 Å². The summed E-state index contributed by atoms with van der Waals surface area (Å²) in [5.74, 6) is -0.525. The van der Waals surface area contributed by atoms with Gasteiger partial charge in [-0.3, -0.25) is 14.3 Å². The van der Waals surface area contributed by atoms with Gasteiger partial charge >= 0.3 is 0 Å². The number of hydrogen-bond acceptors (Lipinski definition) is 6. The lowest BCUT2D eigenvalue weighted by Gasteiger charge is -2.21. The van der Waals surface area contributed by atoms with E-state index in [1.807, 2.05) is 12.1 Å². The topological polar surface area (TPSA) is 127 Å². The maximum Gasteiger partial charge on any atom is 0.245 e. The summed E-state index contributed by atoms with van der Waals surface area (Å²) in [6.45, 7) is 3.01. The van der Waals surface area contributed by atoms with E-state index in [1.165, 1.54) is 9.58 Å². The molecule has 1 aromatic carbocycles. The van der Waals surface area contributed by atoms with Crippen LogP contribution in [-0.2, 0) is 16.1 Å². The first-order valence-electron chi connectivity index (χ1n) is 9.95. The first-order chi connectivity index (χ1) is 14.7. The second kappa shape index (κ2) is 8.03. The number of carbonyl (C=O) groups excluding carboxylic acids is 2. The highest BCUT2D eigenvalue weighted by atomic mass is 19.1. The van der Waals surface area contributed by atoms with Crippen molar-refractivity contribution in [2.24, 2.45) is 5.73 Å². The van der Waals surface area contributed by atoms with Gasteiger partial charge in [-0.1, -0.05) is 6.07 Å². The summed E-state index contributed by atoms with van der Waals surface area (Å²) < 4.78 is 15.3. The van der Waals surface area contributed by atoms with Crippen LogP contribution < -0.4 is 5.73 Å². The molecule has 0 saturated carbocycles. The Morgan fingerprint density at radius 2 is 2.00 bits per heavy atom. The number of nitrogens with zero attached hydrogens (tertiary/aromatic N) is 5. The Kier molecular flexibility index (Phi) is 5.40. The van der Waals surface area contributed by atoms with E-state index in [0.29, 0.717) is 22.4 Å². The van der Waals surface area contributed by atoms with Gasteiger partial charge in [0.15, 0.2) is 0 Å². The smallest absolute Gasteiger partial charge is 0.245 e. The summed E-state index contributed by atoms with van der Waals surface area (Å²) in [4.78, 5) is 34.0. The lowest BCUT2D eigenvalue weighted by atomic mass is 10.0. The first kappa shape index (κ1) is 20.9. The Balaban J connectivity index is 1.69. The highest BCUT2D eigenvalue weighted by Crippen LogP contribution is 2.29. The number of nitrogens with two attached hydrogens (primary N) is 1. The van der Waals surface area contributed by atoms with Gasteiger partial charge in [0.05, 0.1) is 23.9 Å². The van der Waals surface area contributed by atoms with Gasteiger partial charge < -0.3 is 15.7 Å². The van der Waals surface area contributed by atoms with Crippen LogP contribution in [0.25, 0.3) is 22.0 Å². The summed E-state index contributed by atoms with van der Waals surface area (Å²) in [5.41, 5.74) is 8.03. The number of aliphatic hydroxyl groups is 1. The summed E-state index contributed by atoms with van der Waals surface area (Å²) >= 11 is 0. The number of rotatable bonds is 5. The maximum absolute atomic E-state index is 13.8. The maximum atomic E-state index is 13.8. The number of fused-ring (bicyclic) bond motifs is 1. The largest absolute Gasteiger partial charge is 0.387 e. The zero-order valence-electron chi connectivity index (χ0n) is 17.2. The fourth-order valence-corrected chi connectivity index (χ4v) is 3.90. The van der Waals surface area contributed by atoms with E-state index in [1.54, 1.807) is 32.3 Å². The van der Waals surface area contributed by atoms with Crippen molar-refractivity contribution >= 4 is 22.7 Å². The number of aromatic nitrogens is 4. The van der Waals surface area contributed by atoms with Crippen LogP contribution in [0.2, 0.25) is 0 Å². The number of aryl methyl sites for hydroxylation is 1. The molecule has 3 aromatic rings. The molecule has 162 valence electrons. The first-order valence-corrected chi connectivity index (χ1v) is 9.95. The monoisotopic (exact) mass is 426 g/mol. The van der Waals surface area contributed by atoms with E-state index < -0.39 is 30.1 Å². The minimum Gasteiger partial charge on any atom is -0.387 e. The highest BCUT2D eigenvalue weighted by Gasteiger charge is 2.38. The lowest BCUT2D eigenvalue weighted by molar-refractivity contribution is -0.137. The third-order valence-electron chi connectivity index (χ3n) is 5.47. The summed E-state index contributed by atoms with van der Waals surface area (Å²) in [6, 6.07) is 4.54. The van der Waals surface area contributed by atoms with Gasteiger partial charge in [0.2, 0.25) is 11.8 Å². The molecule has 0 aliphatic carbocycles. The highest BCUT2D eigenvalue weighted by molar-refractivity contribution is 5.90. The molecule has 3 unspecified atom stereocenters. The van der Waals surface area contributed by atoms with Crippen molar-refractivity contribution in [3.8, 4) is 11.1 Å². The lowest BCUT2D eigenvalue weighted by Crippen LogP contribution is -2.45. The van der Waals surface area contributed by atoms with Crippen molar-refractivity contribution in [2.75, 3.05) is 6.54 Å². The molecule has 3 heterocycles. The molecule has 1 fully saturated rings. The predicted molar refractivity (Wildman–Crippen MR) is 110 cm³/mol. The molecule has 3 atom stereocenters. The molecular weight excluding hydrogens is 403 g/mol. The third kappa shape index (κ3) is 3.98. The van der Waals surface area contributed by atoms with E-state index in [2.05, 4.69) is 15.1 Å². The molecule has 1 aliphatic heterocycles. The average molecular weight is 426 g/mol. The van der Waals surface area contributed by atoms with Crippen LogP contribution in [0.1, 0.15) is 31.0 Å². The molecule has 0 spiro atoms. The quantitative estimate of drug-likeness (QED) is 0.633. The number of benzene rings is 1. The van der Waals surface area contributed by atoms with E-state index in [9.17, 15) is 19.1 Å². The minimum absolute atomic E-state index is 0.0954. The van der Waals surface area contributed by atoms with Crippen LogP contribution in [0.3, 0.4) is 0 Å². The molecule has 9 nitrogen and oxygen atoms in total. The number of amides is 2. The van der Waals surface area contributed by atoms with E-state index >= 15 is 0 Å². The van der Waals surface area contributed by atoms with Gasteiger partial charge in [0, 0.05) is 29.8 Å².